The Morgan fingerprint density at radius 2 is 0.700 bits per heavy atom. The van der Waals surface area contributed by atoms with Crippen molar-refractivity contribution in [3.05, 3.63) is 263 Å². The van der Waals surface area contributed by atoms with Crippen LogP contribution in [-0.2, 0) is 10.8 Å². The smallest absolute Gasteiger partial charge is 0.0719 e. The van der Waals surface area contributed by atoms with E-state index in [1.807, 2.05) is 22.7 Å². The molecule has 2 heterocycles. The highest BCUT2D eigenvalue weighted by molar-refractivity contribution is 7.26. The lowest BCUT2D eigenvalue weighted by Gasteiger charge is -2.46. The number of aryl methyl sites for hydroxylation is 2. The van der Waals surface area contributed by atoms with E-state index in [1.54, 1.807) is 0 Å². The summed E-state index contributed by atoms with van der Waals surface area (Å²) in [5, 5.41) is 5.17. The van der Waals surface area contributed by atoms with E-state index in [-0.39, 0.29) is 5.41 Å². The molecule has 2 aliphatic rings. The first-order valence-electron chi connectivity index (χ1n) is 24.3. The van der Waals surface area contributed by atoms with Gasteiger partial charge in [0.1, 0.15) is 0 Å². The van der Waals surface area contributed by atoms with Crippen molar-refractivity contribution in [2.75, 3.05) is 9.80 Å². The summed E-state index contributed by atoms with van der Waals surface area (Å²) in [4.78, 5) is 5.00. The zero-order chi connectivity index (χ0) is 46.9. The molecule has 0 bridgehead atoms. The molecule has 1 spiro atoms. The van der Waals surface area contributed by atoms with Gasteiger partial charge in [-0.25, -0.2) is 0 Å². The second kappa shape index (κ2) is 15.4. The normalized spacial score (nSPS) is 13.9. The number of hydrogen-bond donors (Lipinski definition) is 0. The quantitative estimate of drug-likeness (QED) is 0.164. The summed E-state index contributed by atoms with van der Waals surface area (Å²) < 4.78 is 5.16. The van der Waals surface area contributed by atoms with Gasteiger partial charge >= 0.3 is 0 Å². The Morgan fingerprint density at radius 3 is 1.14 bits per heavy atom. The number of benzene rings is 10. The van der Waals surface area contributed by atoms with Crippen molar-refractivity contribution in [3.8, 4) is 11.1 Å². The van der Waals surface area contributed by atoms with Crippen molar-refractivity contribution in [3.63, 3.8) is 0 Å². The molecule has 0 atom stereocenters. The predicted octanol–water partition coefficient (Wildman–Crippen LogP) is 19.0. The van der Waals surface area contributed by atoms with Crippen molar-refractivity contribution in [2.24, 2.45) is 0 Å². The maximum atomic E-state index is 2.51. The maximum Gasteiger partial charge on any atom is 0.0719 e. The predicted molar refractivity (Wildman–Crippen MR) is 300 cm³/mol. The summed E-state index contributed by atoms with van der Waals surface area (Å²) in [6, 6.07) is 82.7. The standard InChI is InChI=1S/C66H48N2S2/c1-41-27-31-43(32-28-41)67(59-23-13-17-49-47-15-5-11-25-61(47)69-63(49)59)45-35-37-53-51(39-45)52-40-46(36-38-54(52)66(53)57-21-9-7-19-55(57)65(3,4)56-20-8-10-22-58(56)66)68(44-33-29-42(2)30-34-44)60-24-14-18-50-48-16-6-12-26-62(48)70-64(50)60/h5-40H,1-4H3. The molecule has 10 aromatic carbocycles. The number of nitrogens with zero attached hydrogens (tertiary/aromatic N) is 2. The fourth-order valence-electron chi connectivity index (χ4n) is 12.2. The van der Waals surface area contributed by atoms with Gasteiger partial charge in [0, 0.05) is 59.1 Å². The third-order valence-electron chi connectivity index (χ3n) is 15.5. The third-order valence-corrected chi connectivity index (χ3v) is 17.9. The van der Waals surface area contributed by atoms with Crippen molar-refractivity contribution >= 4 is 97.1 Å². The Morgan fingerprint density at radius 1 is 0.329 bits per heavy atom. The molecule has 0 amide bonds. The number of thiophene rings is 2. The first kappa shape index (κ1) is 41.2. The first-order chi connectivity index (χ1) is 34.3. The highest BCUT2D eigenvalue weighted by Gasteiger charge is 2.53. The molecule has 0 saturated heterocycles. The molecule has 0 unspecified atom stereocenters. The summed E-state index contributed by atoms with van der Waals surface area (Å²) in [6.45, 7) is 9.16. The van der Waals surface area contributed by atoms with Crippen molar-refractivity contribution in [2.45, 2.75) is 38.5 Å². The molecule has 4 heteroatoms. The molecule has 0 saturated carbocycles. The zero-order valence-electron chi connectivity index (χ0n) is 39.5. The summed E-state index contributed by atoms with van der Waals surface area (Å²) in [7, 11) is 0. The van der Waals surface area contributed by atoms with E-state index in [9.17, 15) is 0 Å². The minimum atomic E-state index is -0.551. The topological polar surface area (TPSA) is 6.48 Å². The van der Waals surface area contributed by atoms with Crippen molar-refractivity contribution in [1.82, 2.24) is 0 Å². The summed E-state index contributed by atoms with van der Waals surface area (Å²) in [5.41, 5.74) is 19.2. The van der Waals surface area contributed by atoms with Gasteiger partial charge in [-0.1, -0.05) is 171 Å². The highest BCUT2D eigenvalue weighted by Crippen LogP contribution is 2.63. The zero-order valence-corrected chi connectivity index (χ0v) is 41.1. The second-order valence-electron chi connectivity index (χ2n) is 19.8. The van der Waals surface area contributed by atoms with Crippen LogP contribution in [0.1, 0.15) is 58.4 Å². The van der Waals surface area contributed by atoms with Crippen molar-refractivity contribution < 1.29 is 0 Å². The average Bonchev–Trinajstić information content (AvgIpc) is 4.07. The first-order valence-corrected chi connectivity index (χ1v) is 26.0. The summed E-state index contributed by atoms with van der Waals surface area (Å²) >= 11 is 3.76. The van der Waals surface area contributed by atoms with Crippen LogP contribution in [-0.4, -0.2) is 0 Å². The lowest BCUT2D eigenvalue weighted by molar-refractivity contribution is 0.563. The molecule has 334 valence electrons. The molecule has 70 heavy (non-hydrogen) atoms. The molecule has 0 fully saturated rings. The average molecular weight is 933 g/mol. The molecule has 14 rings (SSSR count). The molecule has 0 aliphatic heterocycles. The lowest BCUT2D eigenvalue weighted by Crippen LogP contribution is -2.40. The Hall–Kier alpha value is -7.76. The van der Waals surface area contributed by atoms with Gasteiger partial charge < -0.3 is 9.80 Å². The molecular formula is C66H48N2S2. The van der Waals surface area contributed by atoms with Crippen LogP contribution in [0.2, 0.25) is 0 Å². The highest BCUT2D eigenvalue weighted by atomic mass is 32.1. The number of hydrogen-bond acceptors (Lipinski definition) is 4. The van der Waals surface area contributed by atoms with Gasteiger partial charge in [0.2, 0.25) is 0 Å². The van der Waals surface area contributed by atoms with Crippen LogP contribution in [0, 0.1) is 13.8 Å². The van der Waals surface area contributed by atoms with E-state index in [0.29, 0.717) is 0 Å². The van der Waals surface area contributed by atoms with Gasteiger partial charge in [-0.05, 0) is 131 Å². The van der Waals surface area contributed by atoms with E-state index >= 15 is 0 Å². The molecular weight excluding hydrogens is 885 g/mol. The summed E-state index contributed by atoms with van der Waals surface area (Å²) in [5.74, 6) is 0. The van der Waals surface area contributed by atoms with E-state index < -0.39 is 5.41 Å². The van der Waals surface area contributed by atoms with E-state index in [4.69, 9.17) is 0 Å². The molecule has 2 aromatic heterocycles. The van der Waals surface area contributed by atoms with E-state index in [1.165, 1.54) is 107 Å². The monoisotopic (exact) mass is 932 g/mol. The Kier molecular flexibility index (Phi) is 9.05. The van der Waals surface area contributed by atoms with Gasteiger partial charge in [-0.15, -0.1) is 22.7 Å². The minimum absolute atomic E-state index is 0.197. The van der Waals surface area contributed by atoms with E-state index in [0.717, 1.165) is 22.7 Å². The van der Waals surface area contributed by atoms with Crippen LogP contribution < -0.4 is 9.80 Å². The number of rotatable bonds is 6. The van der Waals surface area contributed by atoms with Gasteiger partial charge in [0.25, 0.3) is 0 Å². The molecule has 12 aromatic rings. The van der Waals surface area contributed by atoms with Crippen LogP contribution in [0.25, 0.3) is 51.5 Å². The van der Waals surface area contributed by atoms with Gasteiger partial charge in [0.05, 0.1) is 26.2 Å². The van der Waals surface area contributed by atoms with Gasteiger partial charge in [0.15, 0.2) is 0 Å². The Balaban J connectivity index is 1.07. The minimum Gasteiger partial charge on any atom is -0.309 e. The second-order valence-corrected chi connectivity index (χ2v) is 21.9. The van der Waals surface area contributed by atoms with Crippen LogP contribution >= 0.6 is 22.7 Å². The SMILES string of the molecule is Cc1ccc(N(c2ccc3c(c2)-c2cc(N(c4ccc(C)cc4)c4cccc5c4sc4ccccc45)ccc2C32c3ccccc3C(C)(C)c3ccccc32)c2cccc3c2sc2ccccc23)cc1. The van der Waals surface area contributed by atoms with E-state index in [2.05, 4.69) is 256 Å². The van der Waals surface area contributed by atoms with Crippen LogP contribution in [0.3, 0.4) is 0 Å². The molecule has 0 radical (unpaired) electrons. The largest absolute Gasteiger partial charge is 0.309 e. The van der Waals surface area contributed by atoms with Crippen LogP contribution in [0.4, 0.5) is 34.1 Å². The van der Waals surface area contributed by atoms with Crippen LogP contribution in [0.5, 0.6) is 0 Å². The van der Waals surface area contributed by atoms with Crippen LogP contribution in [0.15, 0.2) is 218 Å². The van der Waals surface area contributed by atoms with Crippen molar-refractivity contribution in [1.29, 1.82) is 0 Å². The van der Waals surface area contributed by atoms with Gasteiger partial charge in [-0.3, -0.25) is 0 Å². The molecule has 0 N–H and O–H groups in total. The lowest BCUT2D eigenvalue weighted by atomic mass is 9.55. The number of anilines is 6. The fraction of sp³-hybridized carbons (Fsp3) is 0.0909. The fourth-order valence-corrected chi connectivity index (χ4v) is 14.6. The number of fused-ring (bicyclic) bond motifs is 15. The Labute approximate surface area is 417 Å². The van der Waals surface area contributed by atoms with Gasteiger partial charge in [-0.2, -0.15) is 0 Å². The maximum absolute atomic E-state index is 2.51. The Bertz CT molecular complexity index is 3810. The molecule has 2 aliphatic carbocycles. The molecule has 2 nitrogen and oxygen atoms in total. The third kappa shape index (κ3) is 5.84. The summed E-state index contributed by atoms with van der Waals surface area (Å²) in [6.07, 6.45) is 0.